The molecule has 0 spiro atoms. The number of pyridine rings is 1. The predicted octanol–water partition coefficient (Wildman–Crippen LogP) is 3.46. The Morgan fingerprint density at radius 2 is 1.75 bits per heavy atom. The largest absolute Gasteiger partial charge is 0.292 e. The molecule has 2 rings (SSSR count). The molecule has 0 saturated carbocycles. The molecule has 0 unspecified atom stereocenters. The van der Waals surface area contributed by atoms with E-state index >= 15 is 0 Å². The zero-order valence-corrected chi connectivity index (χ0v) is 9.82. The Kier molecular flexibility index (Phi) is 2.50. The lowest BCUT2D eigenvalue weighted by Gasteiger charge is -2.15. The third kappa shape index (κ3) is 1.96. The van der Waals surface area contributed by atoms with Gasteiger partial charge in [0.2, 0.25) is 0 Å². The van der Waals surface area contributed by atoms with Crippen LogP contribution in [0.5, 0.6) is 0 Å². The lowest BCUT2D eigenvalue weighted by molar-refractivity contribution is 0.0853. The van der Waals surface area contributed by atoms with E-state index in [4.69, 9.17) is 0 Å². The van der Waals surface area contributed by atoms with Crippen molar-refractivity contribution in [2.45, 2.75) is 20.8 Å². The first-order chi connectivity index (χ1) is 7.48. The number of hydrogen-bond donors (Lipinski definition) is 0. The summed E-state index contributed by atoms with van der Waals surface area (Å²) in [5.41, 5.74) is 0.168. The summed E-state index contributed by atoms with van der Waals surface area (Å²) in [4.78, 5) is 16.3. The van der Waals surface area contributed by atoms with Crippen LogP contribution < -0.4 is 0 Å². The van der Waals surface area contributed by atoms with E-state index in [1.54, 1.807) is 6.20 Å². The summed E-state index contributed by atoms with van der Waals surface area (Å²) >= 11 is 0. The van der Waals surface area contributed by atoms with Crippen molar-refractivity contribution in [3.05, 3.63) is 42.2 Å². The number of ketones is 1. The van der Waals surface area contributed by atoms with Gasteiger partial charge in [-0.2, -0.15) is 0 Å². The fourth-order valence-corrected chi connectivity index (χ4v) is 1.59. The van der Waals surface area contributed by atoms with Gasteiger partial charge in [-0.3, -0.25) is 9.78 Å². The number of carbonyl (C=O) groups is 1. The van der Waals surface area contributed by atoms with Crippen LogP contribution in [0.4, 0.5) is 0 Å². The van der Waals surface area contributed by atoms with E-state index in [0.717, 1.165) is 10.8 Å². The summed E-state index contributed by atoms with van der Waals surface area (Å²) in [5.74, 6) is 0.0817. The van der Waals surface area contributed by atoms with Gasteiger partial charge in [0.05, 0.1) is 0 Å². The van der Waals surface area contributed by atoms with E-state index in [1.165, 1.54) is 0 Å². The third-order valence-electron chi connectivity index (χ3n) is 2.54. The molecule has 2 nitrogen and oxygen atoms in total. The van der Waals surface area contributed by atoms with E-state index in [-0.39, 0.29) is 11.2 Å². The minimum atomic E-state index is -0.380. The van der Waals surface area contributed by atoms with Crippen LogP contribution >= 0.6 is 0 Å². The first-order valence-electron chi connectivity index (χ1n) is 5.38. The maximum atomic E-state index is 12.0. The Bertz CT molecular complexity index is 538. The van der Waals surface area contributed by atoms with Crippen molar-refractivity contribution in [1.82, 2.24) is 4.98 Å². The molecule has 0 saturated heterocycles. The van der Waals surface area contributed by atoms with Crippen LogP contribution in [0, 0.1) is 5.41 Å². The number of aromatic nitrogens is 1. The lowest BCUT2D eigenvalue weighted by Crippen LogP contribution is -2.21. The molecule has 0 bridgehead atoms. The Morgan fingerprint density at radius 1 is 1.12 bits per heavy atom. The molecule has 1 aromatic carbocycles. The molecule has 82 valence electrons. The molecule has 1 heterocycles. The first-order valence-corrected chi connectivity index (χ1v) is 5.38. The molecule has 0 radical (unpaired) electrons. The minimum Gasteiger partial charge on any atom is -0.292 e. The number of nitrogens with zero attached hydrogens (tertiary/aromatic N) is 1. The minimum absolute atomic E-state index is 0.0817. The van der Waals surface area contributed by atoms with Gasteiger partial charge in [-0.05, 0) is 11.5 Å². The Labute approximate surface area is 95.3 Å². The van der Waals surface area contributed by atoms with Crippen LogP contribution in [0.2, 0.25) is 0 Å². The van der Waals surface area contributed by atoms with Gasteiger partial charge in [0, 0.05) is 17.0 Å². The van der Waals surface area contributed by atoms with E-state index in [1.807, 2.05) is 51.1 Å². The number of fused-ring (bicyclic) bond motifs is 1. The number of rotatable bonds is 1. The first kappa shape index (κ1) is 10.8. The molecule has 0 atom stereocenters. The van der Waals surface area contributed by atoms with Crippen molar-refractivity contribution in [2.24, 2.45) is 5.41 Å². The number of hydrogen-bond acceptors (Lipinski definition) is 2. The topological polar surface area (TPSA) is 30.0 Å². The molecule has 0 aliphatic rings. The van der Waals surface area contributed by atoms with Crippen LogP contribution in [-0.2, 0) is 0 Å². The normalized spacial score (nSPS) is 11.7. The van der Waals surface area contributed by atoms with Crippen molar-refractivity contribution in [1.29, 1.82) is 0 Å². The zero-order valence-electron chi connectivity index (χ0n) is 9.82. The van der Waals surface area contributed by atoms with Crippen LogP contribution in [-0.4, -0.2) is 10.8 Å². The van der Waals surface area contributed by atoms with Crippen molar-refractivity contribution in [2.75, 3.05) is 0 Å². The van der Waals surface area contributed by atoms with Gasteiger partial charge in [0.25, 0.3) is 0 Å². The van der Waals surface area contributed by atoms with Crippen molar-refractivity contribution >= 4 is 16.6 Å². The zero-order chi connectivity index (χ0) is 11.8. The molecule has 0 aliphatic carbocycles. The third-order valence-corrected chi connectivity index (χ3v) is 2.54. The van der Waals surface area contributed by atoms with Gasteiger partial charge in [-0.1, -0.05) is 45.0 Å². The van der Waals surface area contributed by atoms with Crippen molar-refractivity contribution in [3.63, 3.8) is 0 Å². The molecule has 0 aliphatic heterocycles. The summed E-state index contributed by atoms with van der Waals surface area (Å²) in [6.45, 7) is 5.73. The van der Waals surface area contributed by atoms with Crippen LogP contribution in [0.3, 0.4) is 0 Å². The van der Waals surface area contributed by atoms with Crippen molar-refractivity contribution in [3.8, 4) is 0 Å². The Hall–Kier alpha value is -1.70. The lowest BCUT2D eigenvalue weighted by atomic mass is 9.88. The summed E-state index contributed by atoms with van der Waals surface area (Å²) in [7, 11) is 0. The van der Waals surface area contributed by atoms with Gasteiger partial charge >= 0.3 is 0 Å². The highest BCUT2D eigenvalue weighted by Crippen LogP contribution is 2.21. The van der Waals surface area contributed by atoms with Crippen LogP contribution in [0.1, 0.15) is 31.3 Å². The highest BCUT2D eigenvalue weighted by molar-refractivity contribution is 6.00. The van der Waals surface area contributed by atoms with E-state index in [9.17, 15) is 4.79 Å². The second kappa shape index (κ2) is 3.71. The second-order valence-electron chi connectivity index (χ2n) is 5.00. The Morgan fingerprint density at radius 3 is 2.38 bits per heavy atom. The maximum absolute atomic E-state index is 12.0. The average Bonchev–Trinajstić information content (AvgIpc) is 2.26. The van der Waals surface area contributed by atoms with Crippen molar-refractivity contribution < 1.29 is 4.79 Å². The summed E-state index contributed by atoms with van der Waals surface area (Å²) < 4.78 is 0. The van der Waals surface area contributed by atoms with Gasteiger partial charge in [0.1, 0.15) is 5.69 Å². The standard InChI is InChI=1S/C14H15NO/c1-14(2,3)13(16)12-8-10-6-4-5-7-11(10)9-15-12/h4-9H,1-3H3. The number of Topliss-reactive ketones (excluding diaryl/α,β-unsaturated/α-hetero) is 1. The second-order valence-corrected chi connectivity index (χ2v) is 5.00. The quantitative estimate of drug-likeness (QED) is 0.679. The van der Waals surface area contributed by atoms with E-state index in [0.29, 0.717) is 5.69 Å². The van der Waals surface area contributed by atoms with Crippen LogP contribution in [0.15, 0.2) is 36.5 Å². The molecular weight excluding hydrogens is 198 g/mol. The highest BCUT2D eigenvalue weighted by Gasteiger charge is 2.23. The smallest absolute Gasteiger partial charge is 0.186 e. The molecule has 2 heteroatoms. The average molecular weight is 213 g/mol. The van der Waals surface area contributed by atoms with Gasteiger partial charge in [0.15, 0.2) is 5.78 Å². The summed E-state index contributed by atoms with van der Waals surface area (Å²) in [6, 6.07) is 9.79. The number of carbonyl (C=O) groups excluding carboxylic acids is 1. The van der Waals surface area contributed by atoms with E-state index < -0.39 is 0 Å². The number of benzene rings is 1. The van der Waals surface area contributed by atoms with Gasteiger partial charge in [-0.15, -0.1) is 0 Å². The SMILES string of the molecule is CC(C)(C)C(=O)c1cc2ccccc2cn1. The highest BCUT2D eigenvalue weighted by atomic mass is 16.1. The van der Waals surface area contributed by atoms with E-state index in [2.05, 4.69) is 4.98 Å². The molecule has 2 aromatic rings. The monoisotopic (exact) mass is 213 g/mol. The molecule has 1 aromatic heterocycles. The maximum Gasteiger partial charge on any atom is 0.186 e. The molecule has 16 heavy (non-hydrogen) atoms. The van der Waals surface area contributed by atoms with Gasteiger partial charge < -0.3 is 0 Å². The molecule has 0 amide bonds. The summed E-state index contributed by atoms with van der Waals surface area (Å²) in [6.07, 6.45) is 1.76. The molecule has 0 fully saturated rings. The fraction of sp³-hybridized carbons (Fsp3) is 0.286. The fourth-order valence-electron chi connectivity index (χ4n) is 1.59. The summed E-state index contributed by atoms with van der Waals surface area (Å²) in [5, 5.41) is 2.12. The van der Waals surface area contributed by atoms with Crippen LogP contribution in [0.25, 0.3) is 10.8 Å². The van der Waals surface area contributed by atoms with Gasteiger partial charge in [-0.25, -0.2) is 0 Å². The predicted molar refractivity (Wildman–Crippen MR) is 65.5 cm³/mol. The molecule has 0 N–H and O–H groups in total. The Balaban J connectivity index is 2.52. The molecular formula is C14H15NO.